The molecule has 0 unspecified atom stereocenters. The topological polar surface area (TPSA) is 26.3 Å². The molecule has 0 fully saturated rings. The van der Waals surface area contributed by atoms with Crippen molar-refractivity contribution in [2.24, 2.45) is 0 Å². The number of carbonyl (C=O) groups is 1. The van der Waals surface area contributed by atoms with E-state index in [0.29, 0.717) is 0 Å². The monoisotopic (exact) mass is 260 g/mol. The van der Waals surface area contributed by atoms with Crippen molar-refractivity contribution in [1.82, 2.24) is 0 Å². The molecule has 1 aromatic rings. The van der Waals surface area contributed by atoms with Crippen molar-refractivity contribution in [3.8, 4) is 0 Å². The number of halogens is 4. The number of benzene rings is 1. The number of rotatable bonds is 2. The van der Waals surface area contributed by atoms with Crippen molar-refractivity contribution in [2.75, 3.05) is 7.11 Å². The minimum Gasteiger partial charge on any atom is -0.465 e. The van der Waals surface area contributed by atoms with E-state index in [0.717, 1.165) is 19.2 Å². The van der Waals surface area contributed by atoms with Crippen LogP contribution in [0.1, 0.15) is 10.4 Å². The predicted molar refractivity (Wildman–Crippen MR) is 46.5 cm³/mol. The predicted octanol–water partition coefficient (Wildman–Crippen LogP) is -1.33. The van der Waals surface area contributed by atoms with Gasteiger partial charge in [0.25, 0.3) is 0 Å². The SMILES string of the molecule is COC(=O)c1ccc(F)cc1[B-](F)(F)F.[K+]. The Morgan fingerprint density at radius 2 is 1.88 bits per heavy atom. The van der Waals surface area contributed by atoms with Gasteiger partial charge in [-0.05, 0) is 12.1 Å². The second-order valence-electron chi connectivity index (χ2n) is 2.80. The van der Waals surface area contributed by atoms with Gasteiger partial charge in [-0.15, -0.1) is 0 Å². The van der Waals surface area contributed by atoms with Gasteiger partial charge in [0, 0.05) is 5.56 Å². The summed E-state index contributed by atoms with van der Waals surface area (Å²) in [6, 6.07) is 1.82. The zero-order valence-electron chi connectivity index (χ0n) is 8.64. The molecular weight excluding hydrogens is 254 g/mol. The normalized spacial score (nSPS) is 10.6. The van der Waals surface area contributed by atoms with Gasteiger partial charge in [0.05, 0.1) is 7.11 Å². The van der Waals surface area contributed by atoms with Gasteiger partial charge in [-0.2, -0.15) is 0 Å². The molecule has 0 aliphatic carbocycles. The minimum atomic E-state index is -5.44. The molecule has 0 heterocycles. The maximum Gasteiger partial charge on any atom is 1.00 e. The summed E-state index contributed by atoms with van der Waals surface area (Å²) in [5, 5.41) is 0. The van der Waals surface area contributed by atoms with Crippen LogP contribution >= 0.6 is 0 Å². The number of carbonyl (C=O) groups excluding carboxylic acids is 1. The minimum absolute atomic E-state index is 0. The summed E-state index contributed by atoms with van der Waals surface area (Å²) in [7, 11) is 0.957. The van der Waals surface area contributed by atoms with Crippen LogP contribution in [-0.2, 0) is 4.74 Å². The Morgan fingerprint density at radius 3 is 2.31 bits per heavy atom. The van der Waals surface area contributed by atoms with Crippen LogP contribution < -0.4 is 56.8 Å². The standard InChI is InChI=1S/C8H6BF4O2.K/c1-15-8(14)6-3-2-5(10)4-7(6)9(11,12)13;/h2-4H,1H3;/q-1;+1. The number of esters is 1. The summed E-state index contributed by atoms with van der Waals surface area (Å²) in [6.45, 7) is -5.44. The van der Waals surface area contributed by atoms with Gasteiger partial charge < -0.3 is 17.7 Å². The van der Waals surface area contributed by atoms with Gasteiger partial charge in [0.1, 0.15) is 5.82 Å². The summed E-state index contributed by atoms with van der Waals surface area (Å²) < 4.78 is 54.0. The maximum absolute atomic E-state index is 12.6. The molecule has 0 radical (unpaired) electrons. The van der Waals surface area contributed by atoms with Crippen molar-refractivity contribution in [1.29, 1.82) is 0 Å². The van der Waals surface area contributed by atoms with Crippen LogP contribution in [0.4, 0.5) is 17.3 Å². The Labute approximate surface area is 132 Å². The third kappa shape index (κ3) is 3.85. The van der Waals surface area contributed by atoms with E-state index < -0.39 is 29.8 Å². The molecule has 0 aliphatic heterocycles. The second kappa shape index (κ2) is 6.15. The van der Waals surface area contributed by atoms with Crippen LogP contribution in [0.2, 0.25) is 0 Å². The largest absolute Gasteiger partial charge is 1.00 e. The van der Waals surface area contributed by atoms with Gasteiger partial charge in [0.15, 0.2) is 0 Å². The van der Waals surface area contributed by atoms with E-state index in [4.69, 9.17) is 0 Å². The molecule has 0 saturated heterocycles. The fraction of sp³-hybridized carbons (Fsp3) is 0.125. The first-order valence-electron chi connectivity index (χ1n) is 3.94. The molecule has 0 atom stereocenters. The molecule has 0 bridgehead atoms. The second-order valence-corrected chi connectivity index (χ2v) is 2.80. The molecule has 0 spiro atoms. The van der Waals surface area contributed by atoms with Crippen LogP contribution in [0.3, 0.4) is 0 Å². The van der Waals surface area contributed by atoms with E-state index in [1.54, 1.807) is 0 Å². The smallest absolute Gasteiger partial charge is 0.465 e. The van der Waals surface area contributed by atoms with E-state index in [2.05, 4.69) is 4.74 Å². The van der Waals surface area contributed by atoms with Gasteiger partial charge in [-0.25, -0.2) is 9.18 Å². The zero-order chi connectivity index (χ0) is 11.6. The van der Waals surface area contributed by atoms with E-state index in [1.807, 2.05) is 0 Å². The van der Waals surface area contributed by atoms with Gasteiger partial charge >= 0.3 is 64.3 Å². The van der Waals surface area contributed by atoms with Gasteiger partial charge in [-0.3, -0.25) is 0 Å². The first kappa shape index (κ1) is 16.1. The molecule has 2 nitrogen and oxygen atoms in total. The molecule has 0 amide bonds. The average molecular weight is 260 g/mol. The quantitative estimate of drug-likeness (QED) is 0.374. The summed E-state index contributed by atoms with van der Waals surface area (Å²) in [5.74, 6) is -2.18. The summed E-state index contributed by atoms with van der Waals surface area (Å²) in [6.07, 6.45) is 0. The van der Waals surface area contributed by atoms with Crippen LogP contribution in [0.25, 0.3) is 0 Å². The molecule has 0 aromatic heterocycles. The molecule has 1 aromatic carbocycles. The van der Waals surface area contributed by atoms with Crippen molar-refractivity contribution in [3.63, 3.8) is 0 Å². The first-order valence-corrected chi connectivity index (χ1v) is 3.94. The first-order chi connectivity index (χ1) is 6.86. The molecule has 0 saturated carbocycles. The Bertz CT molecular complexity index is 394. The maximum atomic E-state index is 12.6. The fourth-order valence-corrected chi connectivity index (χ4v) is 1.10. The van der Waals surface area contributed by atoms with Crippen LogP contribution in [0, 0.1) is 5.82 Å². The van der Waals surface area contributed by atoms with Crippen molar-refractivity contribution in [3.05, 3.63) is 29.6 Å². The Hall–Kier alpha value is 0.111. The molecule has 8 heteroatoms. The third-order valence-corrected chi connectivity index (χ3v) is 1.77. The van der Waals surface area contributed by atoms with Crippen LogP contribution in [-0.4, -0.2) is 20.1 Å². The molecule has 82 valence electrons. The van der Waals surface area contributed by atoms with Crippen LogP contribution in [0.5, 0.6) is 0 Å². The Kier molecular flexibility index (Phi) is 6.20. The summed E-state index contributed by atoms with van der Waals surface area (Å²) >= 11 is 0. The number of hydrogen-bond acceptors (Lipinski definition) is 2. The Morgan fingerprint density at radius 1 is 1.31 bits per heavy atom. The Balaban J connectivity index is 0.00000225. The fourth-order valence-electron chi connectivity index (χ4n) is 1.10. The average Bonchev–Trinajstić information content (AvgIpc) is 2.15. The third-order valence-electron chi connectivity index (χ3n) is 1.77. The summed E-state index contributed by atoms with van der Waals surface area (Å²) in [5.41, 5.74) is -1.95. The molecule has 1 rings (SSSR count). The van der Waals surface area contributed by atoms with Gasteiger partial charge in [-0.1, -0.05) is 11.5 Å². The van der Waals surface area contributed by atoms with Gasteiger partial charge in [0.2, 0.25) is 0 Å². The van der Waals surface area contributed by atoms with Crippen molar-refractivity contribution < 1.29 is 78.3 Å². The van der Waals surface area contributed by atoms with E-state index in [9.17, 15) is 22.1 Å². The van der Waals surface area contributed by atoms with Crippen molar-refractivity contribution >= 4 is 18.4 Å². The summed E-state index contributed by atoms with van der Waals surface area (Å²) in [4.78, 5) is 11.0. The molecular formula is C8H6BF4KO2. The van der Waals surface area contributed by atoms with E-state index in [1.165, 1.54) is 0 Å². The molecule has 0 N–H and O–H groups in total. The van der Waals surface area contributed by atoms with Crippen LogP contribution in [0.15, 0.2) is 18.2 Å². The molecule has 0 aliphatic rings. The van der Waals surface area contributed by atoms with E-state index >= 15 is 0 Å². The van der Waals surface area contributed by atoms with Crippen molar-refractivity contribution in [2.45, 2.75) is 0 Å². The number of hydrogen-bond donors (Lipinski definition) is 0. The zero-order valence-corrected chi connectivity index (χ0v) is 11.8. The molecule has 16 heavy (non-hydrogen) atoms. The van der Waals surface area contributed by atoms with E-state index in [-0.39, 0.29) is 57.5 Å². The number of ether oxygens (including phenoxy) is 1. The number of methoxy groups -OCH3 is 1.